The number of hydrogen-bond acceptors (Lipinski definition) is 0. The molecule has 0 spiro atoms. The molecule has 1 rings (SSSR count). The van der Waals surface area contributed by atoms with E-state index in [0.29, 0.717) is 0 Å². The molecule has 0 aliphatic carbocycles. The van der Waals surface area contributed by atoms with Gasteiger partial charge in [0.2, 0.25) is 0 Å². The van der Waals surface area contributed by atoms with Gasteiger partial charge in [-0.2, -0.15) is 0 Å². The minimum atomic E-state index is 0.746. The van der Waals surface area contributed by atoms with Crippen LogP contribution < -0.4 is 0 Å². The highest BCUT2D eigenvalue weighted by Crippen LogP contribution is 2.26. The Labute approximate surface area is 102 Å². The zero-order valence-corrected chi connectivity index (χ0v) is 11.9. The topological polar surface area (TPSA) is 0 Å². The molecular weight excluding hydrogens is 192 g/mol. The third kappa shape index (κ3) is 5.34. The molecule has 92 valence electrons. The lowest BCUT2D eigenvalue weighted by molar-refractivity contribution is 0.489. The normalized spacial score (nSPS) is 11.9. The van der Waals surface area contributed by atoms with Crippen LogP contribution in [-0.4, -0.2) is 0 Å². The summed E-state index contributed by atoms with van der Waals surface area (Å²) in [5, 5.41) is 0. The standard InChI is InChI=1S/C14H22.C2H6/c1-5-13(10-11(2)3)14-8-6-12(4)7-9-14;1-2/h6-9,11,13H,5,10H2,1-4H3;1-2H3. The van der Waals surface area contributed by atoms with E-state index in [-0.39, 0.29) is 0 Å². The van der Waals surface area contributed by atoms with Crippen molar-refractivity contribution < 1.29 is 0 Å². The number of hydrogen-bond donors (Lipinski definition) is 0. The molecule has 0 aliphatic heterocycles. The summed E-state index contributed by atoms with van der Waals surface area (Å²) in [6.45, 7) is 13.0. The summed E-state index contributed by atoms with van der Waals surface area (Å²) in [6, 6.07) is 9.01. The van der Waals surface area contributed by atoms with Gasteiger partial charge >= 0.3 is 0 Å². The smallest absolute Gasteiger partial charge is 0.0162 e. The van der Waals surface area contributed by atoms with E-state index < -0.39 is 0 Å². The van der Waals surface area contributed by atoms with E-state index in [4.69, 9.17) is 0 Å². The van der Waals surface area contributed by atoms with Crippen molar-refractivity contribution in [2.24, 2.45) is 5.92 Å². The van der Waals surface area contributed by atoms with E-state index in [1.165, 1.54) is 24.0 Å². The number of rotatable bonds is 4. The first-order chi connectivity index (χ1) is 7.63. The van der Waals surface area contributed by atoms with Crippen LogP contribution in [0.4, 0.5) is 0 Å². The van der Waals surface area contributed by atoms with Crippen LogP contribution in [0.1, 0.15) is 64.5 Å². The highest BCUT2D eigenvalue weighted by Gasteiger charge is 2.10. The quantitative estimate of drug-likeness (QED) is 0.623. The molecule has 1 aromatic rings. The van der Waals surface area contributed by atoms with Crippen LogP contribution in [0.2, 0.25) is 0 Å². The summed E-state index contributed by atoms with van der Waals surface area (Å²) in [4.78, 5) is 0. The van der Waals surface area contributed by atoms with Crippen molar-refractivity contribution >= 4 is 0 Å². The van der Waals surface area contributed by atoms with E-state index in [9.17, 15) is 0 Å². The van der Waals surface area contributed by atoms with Crippen LogP contribution in [0.25, 0.3) is 0 Å². The monoisotopic (exact) mass is 220 g/mol. The molecule has 1 atom stereocenters. The Morgan fingerprint density at radius 2 is 1.50 bits per heavy atom. The Morgan fingerprint density at radius 1 is 1.00 bits per heavy atom. The van der Waals surface area contributed by atoms with Crippen LogP contribution >= 0.6 is 0 Å². The maximum Gasteiger partial charge on any atom is -0.0162 e. The fraction of sp³-hybridized carbons (Fsp3) is 0.625. The Bertz CT molecular complexity index is 256. The lowest BCUT2D eigenvalue weighted by atomic mass is 9.88. The molecule has 0 aliphatic rings. The van der Waals surface area contributed by atoms with Crippen molar-refractivity contribution in [1.82, 2.24) is 0 Å². The van der Waals surface area contributed by atoms with E-state index in [1.807, 2.05) is 13.8 Å². The van der Waals surface area contributed by atoms with Crippen molar-refractivity contribution in [2.75, 3.05) is 0 Å². The van der Waals surface area contributed by atoms with E-state index >= 15 is 0 Å². The summed E-state index contributed by atoms with van der Waals surface area (Å²) in [5.41, 5.74) is 2.86. The second-order valence-corrected chi connectivity index (χ2v) is 4.65. The van der Waals surface area contributed by atoms with Crippen LogP contribution in [0, 0.1) is 12.8 Å². The molecule has 0 radical (unpaired) electrons. The zero-order chi connectivity index (χ0) is 12.6. The fourth-order valence-electron chi connectivity index (χ4n) is 1.95. The maximum absolute atomic E-state index is 2.30. The van der Waals surface area contributed by atoms with Crippen molar-refractivity contribution in [3.63, 3.8) is 0 Å². The highest BCUT2D eigenvalue weighted by atomic mass is 14.2. The molecule has 0 heteroatoms. The molecule has 16 heavy (non-hydrogen) atoms. The van der Waals surface area contributed by atoms with Crippen LogP contribution in [0.15, 0.2) is 24.3 Å². The zero-order valence-electron chi connectivity index (χ0n) is 11.9. The first-order valence-corrected chi connectivity index (χ1v) is 6.70. The molecule has 0 heterocycles. The third-order valence-electron chi connectivity index (χ3n) is 2.80. The lowest BCUT2D eigenvalue weighted by Crippen LogP contribution is -2.01. The molecule has 0 aromatic heterocycles. The van der Waals surface area contributed by atoms with Gasteiger partial charge in [-0.15, -0.1) is 0 Å². The van der Waals surface area contributed by atoms with Gasteiger partial charge in [-0.25, -0.2) is 0 Å². The lowest BCUT2D eigenvalue weighted by Gasteiger charge is -2.17. The van der Waals surface area contributed by atoms with Gasteiger partial charge in [-0.1, -0.05) is 64.4 Å². The summed E-state index contributed by atoms with van der Waals surface area (Å²) in [7, 11) is 0. The van der Waals surface area contributed by atoms with Crippen LogP contribution in [0.5, 0.6) is 0 Å². The van der Waals surface area contributed by atoms with Crippen molar-refractivity contribution in [3.8, 4) is 0 Å². The van der Waals surface area contributed by atoms with Gasteiger partial charge in [0.05, 0.1) is 0 Å². The summed E-state index contributed by atoms with van der Waals surface area (Å²) in [6.07, 6.45) is 2.56. The molecule has 0 fully saturated rings. The molecule has 0 nitrogen and oxygen atoms in total. The summed E-state index contributed by atoms with van der Waals surface area (Å²) >= 11 is 0. The molecule has 0 saturated heterocycles. The summed E-state index contributed by atoms with van der Waals surface area (Å²) in [5.74, 6) is 1.54. The van der Waals surface area contributed by atoms with E-state index in [2.05, 4.69) is 52.0 Å². The SMILES string of the molecule is CC.CCC(CC(C)C)c1ccc(C)cc1. The van der Waals surface area contributed by atoms with Crippen molar-refractivity contribution in [1.29, 1.82) is 0 Å². The Hall–Kier alpha value is -0.780. The second kappa shape index (κ2) is 8.38. The van der Waals surface area contributed by atoms with Crippen molar-refractivity contribution in [3.05, 3.63) is 35.4 Å². The van der Waals surface area contributed by atoms with Gasteiger partial charge < -0.3 is 0 Å². The Morgan fingerprint density at radius 3 is 1.88 bits per heavy atom. The second-order valence-electron chi connectivity index (χ2n) is 4.65. The van der Waals surface area contributed by atoms with Gasteiger partial charge in [-0.05, 0) is 37.2 Å². The number of benzene rings is 1. The summed E-state index contributed by atoms with van der Waals surface area (Å²) < 4.78 is 0. The van der Waals surface area contributed by atoms with Gasteiger partial charge in [0.25, 0.3) is 0 Å². The van der Waals surface area contributed by atoms with Crippen LogP contribution in [0.3, 0.4) is 0 Å². The largest absolute Gasteiger partial charge is 0.0683 e. The highest BCUT2D eigenvalue weighted by molar-refractivity contribution is 5.24. The molecule has 0 bridgehead atoms. The minimum Gasteiger partial charge on any atom is -0.0683 e. The van der Waals surface area contributed by atoms with Gasteiger partial charge in [0, 0.05) is 0 Å². The average Bonchev–Trinajstić information content (AvgIpc) is 2.29. The fourth-order valence-corrected chi connectivity index (χ4v) is 1.95. The molecule has 0 amide bonds. The van der Waals surface area contributed by atoms with Crippen LogP contribution in [-0.2, 0) is 0 Å². The van der Waals surface area contributed by atoms with E-state index in [1.54, 1.807) is 0 Å². The number of aryl methyl sites for hydroxylation is 1. The first-order valence-electron chi connectivity index (χ1n) is 6.70. The maximum atomic E-state index is 2.30. The van der Waals surface area contributed by atoms with E-state index in [0.717, 1.165) is 11.8 Å². The van der Waals surface area contributed by atoms with Crippen molar-refractivity contribution in [2.45, 2.75) is 60.3 Å². The predicted molar refractivity (Wildman–Crippen MR) is 75.0 cm³/mol. The third-order valence-corrected chi connectivity index (χ3v) is 2.80. The molecule has 0 N–H and O–H groups in total. The van der Waals surface area contributed by atoms with Gasteiger partial charge in [0.15, 0.2) is 0 Å². The molecular formula is C16H28. The Balaban J connectivity index is 0.00000106. The average molecular weight is 220 g/mol. The Kier molecular flexibility index (Phi) is 7.97. The molecule has 0 saturated carbocycles. The molecule has 1 aromatic carbocycles. The molecule has 1 unspecified atom stereocenters. The van der Waals surface area contributed by atoms with Gasteiger partial charge in [-0.3, -0.25) is 0 Å². The minimum absolute atomic E-state index is 0.746. The predicted octanol–water partition coefficient (Wildman–Crippen LogP) is 5.56. The first kappa shape index (κ1) is 15.2. The van der Waals surface area contributed by atoms with Gasteiger partial charge in [0.1, 0.15) is 0 Å².